The molecule has 0 aromatic carbocycles. The minimum Gasteiger partial charge on any atom is -0.378 e. The molecule has 5 heteroatoms. The van der Waals surface area contributed by atoms with E-state index >= 15 is 0 Å². The first-order valence-corrected chi connectivity index (χ1v) is 6.96. The molecule has 2 rings (SSSR count). The van der Waals surface area contributed by atoms with E-state index in [0.29, 0.717) is 18.8 Å². The Morgan fingerprint density at radius 3 is 2.85 bits per heavy atom. The van der Waals surface area contributed by atoms with Crippen LogP contribution in [0.3, 0.4) is 0 Å². The number of rotatable bonds is 4. The first-order chi connectivity index (χ1) is 9.31. The van der Waals surface area contributed by atoms with Crippen molar-refractivity contribution in [3.63, 3.8) is 0 Å². The molecular weight excluding hydrogens is 254 g/mol. The number of aromatic nitrogens is 1. The molecule has 20 heavy (non-hydrogen) atoms. The zero-order chi connectivity index (χ0) is 15.0. The fraction of sp³-hybridized carbons (Fsp3) is 0.600. The van der Waals surface area contributed by atoms with Crippen LogP contribution in [0.15, 0.2) is 18.3 Å². The number of nitrogens with two attached hydrogens (primary N) is 1. The van der Waals surface area contributed by atoms with Gasteiger partial charge in [-0.05, 0) is 31.5 Å². The van der Waals surface area contributed by atoms with Crippen molar-refractivity contribution in [2.75, 3.05) is 11.9 Å². The molecule has 1 aliphatic rings. The summed E-state index contributed by atoms with van der Waals surface area (Å²) in [6.07, 6.45) is 2.22. The third kappa shape index (κ3) is 2.31. The van der Waals surface area contributed by atoms with E-state index in [1.165, 1.54) is 0 Å². The number of carbonyl (C=O) groups is 1. The Hall–Kier alpha value is -1.46. The Labute approximate surface area is 119 Å². The summed E-state index contributed by atoms with van der Waals surface area (Å²) in [6.45, 7) is 8.47. The molecular formula is C15H23N3O2. The second-order valence-corrected chi connectivity index (χ2v) is 6.01. The standard InChI is InChI=1S/C15H23N3O2/c1-5-20-11-9-15(16,14(11,3)4)13(19)18-12-8-10(2)6-7-17-12/h6-8,11H,5,9,16H2,1-4H3,(H,17,18,19). The summed E-state index contributed by atoms with van der Waals surface area (Å²) in [7, 11) is 0. The predicted molar refractivity (Wildman–Crippen MR) is 78.3 cm³/mol. The maximum atomic E-state index is 12.5. The van der Waals surface area contributed by atoms with Gasteiger partial charge in [-0.1, -0.05) is 13.8 Å². The SMILES string of the molecule is CCOC1CC(N)(C(=O)Nc2cc(C)ccn2)C1(C)C. The van der Waals surface area contributed by atoms with Crippen molar-refractivity contribution in [3.05, 3.63) is 23.9 Å². The van der Waals surface area contributed by atoms with Crippen LogP contribution in [0, 0.1) is 12.3 Å². The smallest absolute Gasteiger partial charge is 0.246 e. The largest absolute Gasteiger partial charge is 0.378 e. The van der Waals surface area contributed by atoms with Gasteiger partial charge in [0, 0.05) is 24.6 Å². The molecule has 0 aliphatic heterocycles. The van der Waals surface area contributed by atoms with E-state index in [2.05, 4.69) is 10.3 Å². The average molecular weight is 277 g/mol. The fourth-order valence-corrected chi connectivity index (χ4v) is 2.65. The summed E-state index contributed by atoms with van der Waals surface area (Å²) in [5.74, 6) is 0.340. The molecule has 2 atom stereocenters. The second kappa shape index (κ2) is 5.14. The lowest BCUT2D eigenvalue weighted by Crippen LogP contribution is -2.74. The Bertz CT molecular complexity index is 516. The maximum absolute atomic E-state index is 12.5. The van der Waals surface area contributed by atoms with Gasteiger partial charge < -0.3 is 15.8 Å². The summed E-state index contributed by atoms with van der Waals surface area (Å²) in [4.78, 5) is 16.6. The third-order valence-electron chi connectivity index (χ3n) is 4.39. The van der Waals surface area contributed by atoms with E-state index in [1.54, 1.807) is 6.20 Å². The quantitative estimate of drug-likeness (QED) is 0.880. The maximum Gasteiger partial charge on any atom is 0.246 e. The lowest BCUT2D eigenvalue weighted by atomic mass is 9.54. The number of aryl methyl sites for hydroxylation is 1. The minimum atomic E-state index is -0.918. The highest BCUT2D eigenvalue weighted by Crippen LogP contribution is 2.50. The Balaban J connectivity index is 2.10. The summed E-state index contributed by atoms with van der Waals surface area (Å²) < 4.78 is 5.63. The predicted octanol–water partition coefficient (Wildman–Crippen LogP) is 1.86. The molecule has 0 saturated heterocycles. The molecule has 1 amide bonds. The molecule has 1 aliphatic carbocycles. The monoisotopic (exact) mass is 277 g/mol. The highest BCUT2D eigenvalue weighted by atomic mass is 16.5. The molecule has 3 N–H and O–H groups in total. The normalized spacial score (nSPS) is 27.8. The number of hydrogen-bond donors (Lipinski definition) is 2. The number of nitrogens with one attached hydrogen (secondary N) is 1. The lowest BCUT2D eigenvalue weighted by molar-refractivity contribution is -0.166. The van der Waals surface area contributed by atoms with Crippen LogP contribution in [0.5, 0.6) is 0 Å². The average Bonchev–Trinajstić information content (AvgIpc) is 2.38. The molecule has 0 bridgehead atoms. The lowest BCUT2D eigenvalue weighted by Gasteiger charge is -2.57. The van der Waals surface area contributed by atoms with Crippen molar-refractivity contribution in [2.45, 2.75) is 45.8 Å². The topological polar surface area (TPSA) is 77.2 Å². The third-order valence-corrected chi connectivity index (χ3v) is 4.39. The van der Waals surface area contributed by atoms with Crippen molar-refractivity contribution in [3.8, 4) is 0 Å². The number of nitrogens with zero attached hydrogens (tertiary/aromatic N) is 1. The Kier molecular flexibility index (Phi) is 3.84. The summed E-state index contributed by atoms with van der Waals surface area (Å²) in [6, 6.07) is 3.71. The van der Waals surface area contributed by atoms with Crippen LogP contribution in [0.2, 0.25) is 0 Å². The first-order valence-electron chi connectivity index (χ1n) is 6.96. The zero-order valence-electron chi connectivity index (χ0n) is 12.6. The van der Waals surface area contributed by atoms with Gasteiger partial charge >= 0.3 is 0 Å². The molecule has 110 valence electrons. The second-order valence-electron chi connectivity index (χ2n) is 6.01. The van der Waals surface area contributed by atoms with E-state index in [0.717, 1.165) is 5.56 Å². The molecule has 1 heterocycles. The number of pyridine rings is 1. The number of anilines is 1. The van der Waals surface area contributed by atoms with Crippen LogP contribution in [0.25, 0.3) is 0 Å². The first kappa shape index (κ1) is 14.9. The van der Waals surface area contributed by atoms with Gasteiger partial charge in [0.2, 0.25) is 5.91 Å². The number of carbonyl (C=O) groups excluding carboxylic acids is 1. The zero-order valence-corrected chi connectivity index (χ0v) is 12.6. The van der Waals surface area contributed by atoms with Gasteiger partial charge in [0.15, 0.2) is 0 Å². The van der Waals surface area contributed by atoms with Crippen LogP contribution in [-0.4, -0.2) is 29.1 Å². The molecule has 0 spiro atoms. The van der Waals surface area contributed by atoms with E-state index in [-0.39, 0.29) is 12.0 Å². The molecule has 1 aromatic heterocycles. The van der Waals surface area contributed by atoms with Crippen LogP contribution < -0.4 is 11.1 Å². The molecule has 0 radical (unpaired) electrons. The molecule has 5 nitrogen and oxygen atoms in total. The Morgan fingerprint density at radius 2 is 2.30 bits per heavy atom. The highest BCUT2D eigenvalue weighted by Gasteiger charge is 2.62. The Morgan fingerprint density at radius 1 is 1.60 bits per heavy atom. The highest BCUT2D eigenvalue weighted by molar-refractivity contribution is 5.99. The van der Waals surface area contributed by atoms with Gasteiger partial charge in [-0.2, -0.15) is 0 Å². The fourth-order valence-electron chi connectivity index (χ4n) is 2.65. The van der Waals surface area contributed by atoms with Gasteiger partial charge in [0.25, 0.3) is 0 Å². The molecule has 1 aromatic rings. The number of hydrogen-bond acceptors (Lipinski definition) is 4. The van der Waals surface area contributed by atoms with Gasteiger partial charge in [0.1, 0.15) is 11.4 Å². The van der Waals surface area contributed by atoms with E-state index in [1.807, 2.05) is 39.8 Å². The minimum absolute atomic E-state index is 0.0220. The van der Waals surface area contributed by atoms with Crippen LogP contribution >= 0.6 is 0 Å². The van der Waals surface area contributed by atoms with E-state index < -0.39 is 11.0 Å². The van der Waals surface area contributed by atoms with Crippen molar-refractivity contribution in [2.24, 2.45) is 11.1 Å². The van der Waals surface area contributed by atoms with Gasteiger partial charge in [-0.3, -0.25) is 4.79 Å². The number of amides is 1. The van der Waals surface area contributed by atoms with E-state index in [9.17, 15) is 4.79 Å². The molecule has 2 unspecified atom stereocenters. The summed E-state index contributed by atoms with van der Waals surface area (Å²) in [5.41, 5.74) is 6.04. The van der Waals surface area contributed by atoms with Crippen molar-refractivity contribution in [1.82, 2.24) is 4.98 Å². The molecule has 1 saturated carbocycles. The molecule has 1 fully saturated rings. The van der Waals surface area contributed by atoms with Crippen molar-refractivity contribution < 1.29 is 9.53 Å². The summed E-state index contributed by atoms with van der Waals surface area (Å²) >= 11 is 0. The van der Waals surface area contributed by atoms with Crippen molar-refractivity contribution >= 4 is 11.7 Å². The summed E-state index contributed by atoms with van der Waals surface area (Å²) in [5, 5.41) is 2.81. The van der Waals surface area contributed by atoms with Gasteiger partial charge in [-0.25, -0.2) is 4.98 Å². The van der Waals surface area contributed by atoms with Gasteiger partial charge in [0.05, 0.1) is 6.10 Å². The van der Waals surface area contributed by atoms with E-state index in [4.69, 9.17) is 10.5 Å². The van der Waals surface area contributed by atoms with Crippen LogP contribution in [0.4, 0.5) is 5.82 Å². The van der Waals surface area contributed by atoms with Gasteiger partial charge in [-0.15, -0.1) is 0 Å². The number of ether oxygens (including phenoxy) is 1. The van der Waals surface area contributed by atoms with Crippen LogP contribution in [-0.2, 0) is 9.53 Å². The van der Waals surface area contributed by atoms with Crippen molar-refractivity contribution in [1.29, 1.82) is 0 Å². The van der Waals surface area contributed by atoms with Crippen LogP contribution in [0.1, 0.15) is 32.8 Å².